The fraction of sp³-hybridized carbons (Fsp3) is 0.615. The summed E-state index contributed by atoms with van der Waals surface area (Å²) in [5, 5.41) is 10.3. The Labute approximate surface area is 116 Å². The molecule has 1 aliphatic carbocycles. The van der Waals surface area contributed by atoms with Gasteiger partial charge in [0.1, 0.15) is 17.6 Å². The maximum absolute atomic E-state index is 12.3. The minimum absolute atomic E-state index is 0.0144. The first-order valence-corrected chi connectivity index (χ1v) is 6.04. The third-order valence-corrected chi connectivity index (χ3v) is 3.26. The molecule has 1 fully saturated rings. The smallest absolute Gasteiger partial charge is 0.316 e. The summed E-state index contributed by atoms with van der Waals surface area (Å²) in [5.74, 6) is -5.38. The fourth-order valence-electron chi connectivity index (χ4n) is 2.33. The highest BCUT2D eigenvalue weighted by Crippen LogP contribution is 2.39. The molecule has 0 aliphatic heterocycles. The molecule has 0 aromatic heterocycles. The van der Waals surface area contributed by atoms with Gasteiger partial charge in [-0.3, -0.25) is 19.4 Å². The van der Waals surface area contributed by atoms with Gasteiger partial charge in [0, 0.05) is 12.6 Å². The topological polar surface area (TPSA) is 113 Å². The van der Waals surface area contributed by atoms with Crippen molar-refractivity contribution in [2.45, 2.75) is 20.3 Å². The number of nitrogens with zero attached hydrogens (tertiary/aromatic N) is 1. The molecule has 0 aromatic rings. The lowest BCUT2D eigenvalue weighted by Gasteiger charge is -2.37. The Morgan fingerprint density at radius 1 is 1.45 bits per heavy atom. The standard InChI is InChI=1S/C13H17NO6/c1-13(2)4-8(15)7(5-14-6-9(16)17)11(18)10(13)12(19)20-3/h5,7,10H,4,6H2,1-3H3,(H,16,17)/p-1/t7-,10+/m0/s1. The molecule has 7 nitrogen and oxygen atoms in total. The summed E-state index contributed by atoms with van der Waals surface area (Å²) >= 11 is 0. The molecule has 110 valence electrons. The normalized spacial score (nSPS) is 25.8. The van der Waals surface area contributed by atoms with Crippen LogP contribution in [-0.4, -0.2) is 43.4 Å². The molecular weight excluding hydrogens is 266 g/mol. The first-order chi connectivity index (χ1) is 9.20. The van der Waals surface area contributed by atoms with Crippen LogP contribution >= 0.6 is 0 Å². The number of carbonyl (C=O) groups is 4. The molecule has 1 aliphatic rings. The van der Waals surface area contributed by atoms with Crippen LogP contribution in [0.25, 0.3) is 0 Å². The van der Waals surface area contributed by atoms with Crippen molar-refractivity contribution in [3.63, 3.8) is 0 Å². The van der Waals surface area contributed by atoms with Crippen LogP contribution in [0.15, 0.2) is 4.99 Å². The molecule has 1 rings (SSSR count). The summed E-state index contributed by atoms with van der Waals surface area (Å²) in [6.45, 7) is 2.64. The number of methoxy groups -OCH3 is 1. The number of Topliss-reactive ketones (excluding diaryl/α,β-unsaturated/α-hetero) is 2. The average molecular weight is 282 g/mol. The number of ketones is 2. The second kappa shape index (κ2) is 5.94. The number of hydrogen-bond acceptors (Lipinski definition) is 7. The minimum Gasteiger partial charge on any atom is -0.548 e. The lowest BCUT2D eigenvalue weighted by Crippen LogP contribution is -2.50. The summed E-state index contributed by atoms with van der Waals surface area (Å²) in [4.78, 5) is 49.6. The largest absolute Gasteiger partial charge is 0.548 e. The van der Waals surface area contributed by atoms with E-state index in [1.807, 2.05) is 0 Å². The number of rotatable bonds is 4. The fourth-order valence-corrected chi connectivity index (χ4v) is 2.33. The first-order valence-electron chi connectivity index (χ1n) is 6.04. The number of aliphatic imine (C=N–C) groups is 1. The quantitative estimate of drug-likeness (QED) is 0.363. The second-order valence-electron chi connectivity index (χ2n) is 5.33. The maximum Gasteiger partial charge on any atom is 0.316 e. The first kappa shape index (κ1) is 16.0. The van der Waals surface area contributed by atoms with Crippen LogP contribution in [0.5, 0.6) is 0 Å². The van der Waals surface area contributed by atoms with Gasteiger partial charge in [0.05, 0.1) is 19.6 Å². The van der Waals surface area contributed by atoms with Gasteiger partial charge in [0.25, 0.3) is 0 Å². The highest BCUT2D eigenvalue weighted by molar-refractivity contribution is 6.21. The van der Waals surface area contributed by atoms with E-state index in [1.54, 1.807) is 13.8 Å². The molecule has 0 radical (unpaired) electrons. The molecule has 0 amide bonds. The number of ether oxygens (including phenoxy) is 1. The van der Waals surface area contributed by atoms with Crippen molar-refractivity contribution >= 4 is 29.7 Å². The van der Waals surface area contributed by atoms with Crippen molar-refractivity contribution in [3.8, 4) is 0 Å². The molecule has 0 unspecified atom stereocenters. The molecule has 0 saturated heterocycles. The summed E-state index contributed by atoms with van der Waals surface area (Å²) in [6, 6.07) is 0. The van der Waals surface area contributed by atoms with E-state index in [0.717, 1.165) is 6.21 Å². The molecular formula is C13H16NO6-. The number of esters is 1. The monoisotopic (exact) mass is 282 g/mol. The Hall–Kier alpha value is -2.05. The summed E-state index contributed by atoms with van der Waals surface area (Å²) in [5.41, 5.74) is -0.833. The highest BCUT2D eigenvalue weighted by atomic mass is 16.5. The minimum atomic E-state index is -1.41. The van der Waals surface area contributed by atoms with E-state index in [0.29, 0.717) is 0 Å². The summed E-state index contributed by atoms with van der Waals surface area (Å²) in [6.07, 6.45) is 0.992. The Morgan fingerprint density at radius 3 is 2.55 bits per heavy atom. The van der Waals surface area contributed by atoms with Gasteiger partial charge in [0.15, 0.2) is 5.78 Å². The average Bonchev–Trinajstić information content (AvgIpc) is 2.31. The van der Waals surface area contributed by atoms with E-state index in [-0.39, 0.29) is 12.2 Å². The van der Waals surface area contributed by atoms with Gasteiger partial charge in [-0.1, -0.05) is 13.8 Å². The van der Waals surface area contributed by atoms with Gasteiger partial charge < -0.3 is 14.6 Å². The van der Waals surface area contributed by atoms with Crippen LogP contribution in [0.3, 0.4) is 0 Å². The zero-order valence-corrected chi connectivity index (χ0v) is 11.5. The molecule has 20 heavy (non-hydrogen) atoms. The van der Waals surface area contributed by atoms with Gasteiger partial charge in [-0.2, -0.15) is 0 Å². The van der Waals surface area contributed by atoms with Crippen LogP contribution in [-0.2, 0) is 23.9 Å². The number of aliphatic carboxylic acids is 1. The van der Waals surface area contributed by atoms with Gasteiger partial charge in [-0.15, -0.1) is 0 Å². The van der Waals surface area contributed by atoms with Gasteiger partial charge >= 0.3 is 5.97 Å². The second-order valence-corrected chi connectivity index (χ2v) is 5.33. The Bertz CT molecular complexity index is 479. The zero-order chi connectivity index (χ0) is 15.5. The number of hydrogen-bond donors (Lipinski definition) is 0. The Morgan fingerprint density at radius 2 is 2.05 bits per heavy atom. The lowest BCUT2D eigenvalue weighted by molar-refractivity contribution is -0.303. The predicted molar refractivity (Wildman–Crippen MR) is 65.8 cm³/mol. The van der Waals surface area contributed by atoms with Gasteiger partial charge in [-0.25, -0.2) is 0 Å². The Balaban J connectivity index is 3.01. The SMILES string of the molecule is COC(=O)[C@H]1C(=O)[C@@H](C=NCC(=O)[O-])C(=O)CC1(C)C. The van der Waals surface area contributed by atoms with Crippen LogP contribution in [0, 0.1) is 17.3 Å². The summed E-state index contributed by atoms with van der Waals surface area (Å²) < 4.78 is 4.60. The highest BCUT2D eigenvalue weighted by Gasteiger charge is 2.51. The zero-order valence-electron chi connectivity index (χ0n) is 11.5. The molecule has 0 spiro atoms. The van der Waals surface area contributed by atoms with Crippen molar-refractivity contribution in [3.05, 3.63) is 0 Å². The van der Waals surface area contributed by atoms with E-state index < -0.39 is 41.5 Å². The van der Waals surface area contributed by atoms with Crippen molar-refractivity contribution in [2.75, 3.05) is 13.7 Å². The lowest BCUT2D eigenvalue weighted by atomic mass is 9.64. The van der Waals surface area contributed by atoms with E-state index in [9.17, 15) is 24.3 Å². The van der Waals surface area contributed by atoms with Crippen LogP contribution in [0.2, 0.25) is 0 Å². The van der Waals surface area contributed by atoms with Crippen molar-refractivity contribution in [2.24, 2.45) is 22.2 Å². The van der Waals surface area contributed by atoms with Crippen LogP contribution < -0.4 is 5.11 Å². The molecule has 0 bridgehead atoms. The number of carboxylic acids is 1. The maximum atomic E-state index is 12.3. The summed E-state index contributed by atoms with van der Waals surface area (Å²) in [7, 11) is 1.17. The molecule has 0 N–H and O–H groups in total. The molecule has 2 atom stereocenters. The third-order valence-electron chi connectivity index (χ3n) is 3.26. The van der Waals surface area contributed by atoms with Crippen LogP contribution in [0.1, 0.15) is 20.3 Å². The Kier molecular flexibility index (Phi) is 4.75. The van der Waals surface area contributed by atoms with E-state index in [4.69, 9.17) is 0 Å². The van der Waals surface area contributed by atoms with Crippen LogP contribution in [0.4, 0.5) is 0 Å². The number of carboxylic acid groups (broad SMARTS) is 1. The van der Waals surface area contributed by atoms with Crippen molar-refractivity contribution in [1.29, 1.82) is 0 Å². The predicted octanol–water partition coefficient (Wildman–Crippen LogP) is -1.22. The van der Waals surface area contributed by atoms with Gasteiger partial charge in [-0.05, 0) is 5.41 Å². The van der Waals surface area contributed by atoms with E-state index >= 15 is 0 Å². The van der Waals surface area contributed by atoms with Crippen molar-refractivity contribution in [1.82, 2.24) is 0 Å². The van der Waals surface area contributed by atoms with E-state index in [2.05, 4.69) is 9.73 Å². The van der Waals surface area contributed by atoms with Crippen molar-refractivity contribution < 1.29 is 29.0 Å². The van der Waals surface area contributed by atoms with E-state index in [1.165, 1.54) is 7.11 Å². The molecule has 1 saturated carbocycles. The van der Waals surface area contributed by atoms with Gasteiger partial charge in [0.2, 0.25) is 0 Å². The number of carbonyl (C=O) groups excluding carboxylic acids is 4. The third kappa shape index (κ3) is 3.28. The molecule has 0 aromatic carbocycles. The molecule has 7 heteroatoms. The molecule has 0 heterocycles.